The normalized spacial score (nSPS) is 23.2. The smallest absolute Gasteiger partial charge is 0.237 e. The van der Waals surface area contributed by atoms with E-state index in [9.17, 15) is 4.79 Å². The fraction of sp³-hybridized carbons (Fsp3) is 0.162. The monoisotopic (exact) mass is 586 g/mol. The van der Waals surface area contributed by atoms with Crippen molar-refractivity contribution in [3.8, 4) is 5.75 Å². The number of para-hydroxylation sites is 1. The molecule has 2 aliphatic rings. The lowest BCUT2D eigenvalue weighted by molar-refractivity contribution is -0.129. The second-order valence-electron chi connectivity index (χ2n) is 10.9. The maximum Gasteiger partial charge on any atom is 0.237 e. The number of carbonyl (C=O) groups is 1. The van der Waals surface area contributed by atoms with Crippen molar-refractivity contribution in [3.63, 3.8) is 0 Å². The first kappa shape index (κ1) is 27.3. The molecule has 0 aliphatic carbocycles. The topological polar surface area (TPSA) is 42.0 Å². The van der Waals surface area contributed by atoms with Gasteiger partial charge < -0.3 is 9.64 Å². The number of anilines is 2. The lowest BCUT2D eigenvalue weighted by Gasteiger charge is -2.50. The van der Waals surface area contributed by atoms with E-state index >= 15 is 0 Å². The lowest BCUT2D eigenvalue weighted by Crippen LogP contribution is -2.65. The first-order valence-electron chi connectivity index (χ1n) is 14.5. The highest BCUT2D eigenvalue weighted by atomic mass is 35.5. The minimum Gasteiger partial charge on any atom is -0.497 e. The molecule has 2 fully saturated rings. The number of hydroxylamine groups is 1. The van der Waals surface area contributed by atoms with Gasteiger partial charge in [-0.2, -0.15) is 0 Å². The number of β-lactam (4-membered cyclic amide) rings is 1. The summed E-state index contributed by atoms with van der Waals surface area (Å²) in [5.74, 6) is 0.304. The van der Waals surface area contributed by atoms with Crippen LogP contribution in [0.5, 0.6) is 5.75 Å². The van der Waals surface area contributed by atoms with E-state index < -0.39 is 0 Å². The Morgan fingerprint density at radius 3 is 1.84 bits per heavy atom. The van der Waals surface area contributed by atoms with Crippen LogP contribution in [-0.2, 0) is 9.63 Å². The van der Waals surface area contributed by atoms with Crippen molar-refractivity contribution < 1.29 is 14.4 Å². The molecule has 0 radical (unpaired) electrons. The van der Waals surface area contributed by atoms with Crippen LogP contribution in [0.2, 0.25) is 5.02 Å². The molecule has 5 nitrogen and oxygen atoms in total. The van der Waals surface area contributed by atoms with Crippen LogP contribution in [0.1, 0.15) is 34.6 Å². The Hall–Kier alpha value is -4.58. The van der Waals surface area contributed by atoms with Gasteiger partial charge in [0.15, 0.2) is 0 Å². The van der Waals surface area contributed by atoms with Crippen molar-refractivity contribution in [3.05, 3.63) is 161 Å². The molecule has 5 unspecified atom stereocenters. The van der Waals surface area contributed by atoms with E-state index in [2.05, 4.69) is 48.5 Å². The zero-order valence-corrected chi connectivity index (χ0v) is 24.4. The molecule has 1 amide bonds. The number of benzene rings is 5. The van der Waals surface area contributed by atoms with Gasteiger partial charge >= 0.3 is 0 Å². The van der Waals surface area contributed by atoms with Crippen LogP contribution in [0.3, 0.4) is 0 Å². The zero-order valence-electron chi connectivity index (χ0n) is 23.7. The molecule has 0 N–H and O–H groups in total. The Labute approximate surface area is 256 Å². The third-order valence-electron chi connectivity index (χ3n) is 8.58. The van der Waals surface area contributed by atoms with Crippen LogP contribution in [0.4, 0.5) is 11.4 Å². The van der Waals surface area contributed by atoms with Gasteiger partial charge in [0.05, 0.1) is 30.8 Å². The molecule has 2 aliphatic heterocycles. The van der Waals surface area contributed by atoms with E-state index in [0.29, 0.717) is 5.02 Å². The summed E-state index contributed by atoms with van der Waals surface area (Å²) in [6, 6.07) is 46.0. The van der Waals surface area contributed by atoms with Gasteiger partial charge in [0.25, 0.3) is 0 Å². The minimum atomic E-state index is -0.378. The van der Waals surface area contributed by atoms with Gasteiger partial charge in [-0.15, -0.1) is 0 Å². The van der Waals surface area contributed by atoms with E-state index in [-0.39, 0.29) is 35.9 Å². The molecule has 2 heterocycles. The first-order valence-corrected chi connectivity index (χ1v) is 14.9. The van der Waals surface area contributed by atoms with Gasteiger partial charge in [0.2, 0.25) is 5.91 Å². The summed E-state index contributed by atoms with van der Waals surface area (Å²) < 4.78 is 5.41. The number of amides is 1. The van der Waals surface area contributed by atoms with Gasteiger partial charge in [-0.05, 0) is 65.2 Å². The molecule has 5 atom stereocenters. The number of ether oxygens (including phenoxy) is 1. The van der Waals surface area contributed by atoms with Gasteiger partial charge in [-0.25, -0.2) is 5.06 Å². The van der Waals surface area contributed by atoms with Crippen LogP contribution in [0.25, 0.3) is 0 Å². The van der Waals surface area contributed by atoms with Gasteiger partial charge in [-0.3, -0.25) is 9.63 Å². The van der Waals surface area contributed by atoms with Crippen LogP contribution in [-0.4, -0.2) is 25.2 Å². The summed E-state index contributed by atoms with van der Waals surface area (Å²) >= 11 is 6.38. The highest BCUT2D eigenvalue weighted by Crippen LogP contribution is 2.54. The van der Waals surface area contributed by atoms with Crippen molar-refractivity contribution in [1.29, 1.82) is 0 Å². The first-order chi connectivity index (χ1) is 21.1. The van der Waals surface area contributed by atoms with E-state index in [0.717, 1.165) is 33.8 Å². The predicted octanol–water partition coefficient (Wildman–Crippen LogP) is 8.19. The Kier molecular flexibility index (Phi) is 7.35. The number of methoxy groups -OCH3 is 1. The number of carbonyl (C=O) groups excluding carboxylic acids is 1. The molecule has 7 rings (SSSR count). The Balaban J connectivity index is 1.41. The van der Waals surface area contributed by atoms with Crippen molar-refractivity contribution in [2.24, 2.45) is 0 Å². The highest BCUT2D eigenvalue weighted by Gasteiger charge is 2.60. The standard InChI is InChI=1S/C37H31ClN2O3/c1-42-31-23-21-29(22-24-31)39-35(33(37(39)41)25-11-5-2-6-12-25)36-32(26-17-19-28(38)20-18-26)34(27-13-7-3-8-14-27)40(43-36)30-15-9-4-10-16-30/h2-24,32-36H,1H3. The molecule has 0 spiro atoms. The maximum absolute atomic E-state index is 14.1. The van der Waals surface area contributed by atoms with Gasteiger partial charge in [-0.1, -0.05) is 103 Å². The van der Waals surface area contributed by atoms with Crippen LogP contribution in [0, 0.1) is 0 Å². The van der Waals surface area contributed by atoms with Crippen molar-refractivity contribution in [1.82, 2.24) is 0 Å². The van der Waals surface area contributed by atoms with Crippen LogP contribution < -0.4 is 14.7 Å². The molecule has 43 heavy (non-hydrogen) atoms. The summed E-state index contributed by atoms with van der Waals surface area (Å²) in [7, 11) is 1.64. The molecule has 5 aromatic carbocycles. The molecule has 214 valence electrons. The third-order valence-corrected chi connectivity index (χ3v) is 8.83. The third kappa shape index (κ3) is 4.95. The van der Waals surface area contributed by atoms with Gasteiger partial charge in [0.1, 0.15) is 11.9 Å². The van der Waals surface area contributed by atoms with Gasteiger partial charge in [0, 0.05) is 16.6 Å². The predicted molar refractivity (Wildman–Crippen MR) is 171 cm³/mol. The number of hydrogen-bond donors (Lipinski definition) is 0. The fourth-order valence-electron chi connectivity index (χ4n) is 6.60. The van der Waals surface area contributed by atoms with Crippen molar-refractivity contribution in [2.75, 3.05) is 17.1 Å². The second kappa shape index (κ2) is 11.6. The fourth-order valence-corrected chi connectivity index (χ4v) is 6.72. The quantitative estimate of drug-likeness (QED) is 0.180. The molecular weight excluding hydrogens is 556 g/mol. The van der Waals surface area contributed by atoms with Crippen LogP contribution >= 0.6 is 11.6 Å². The van der Waals surface area contributed by atoms with E-state index in [1.807, 2.05) is 101 Å². The second-order valence-corrected chi connectivity index (χ2v) is 11.4. The summed E-state index contributed by atoms with van der Waals surface area (Å²) in [5.41, 5.74) is 4.98. The number of halogens is 1. The lowest BCUT2D eigenvalue weighted by atomic mass is 9.71. The Bertz CT molecular complexity index is 1680. The SMILES string of the molecule is COc1ccc(N2C(=O)C(c3ccccc3)C2C2ON(c3ccccc3)C(c3ccccc3)C2c2ccc(Cl)cc2)cc1. The highest BCUT2D eigenvalue weighted by molar-refractivity contribution is 6.30. The minimum absolute atomic E-state index is 0.0502. The maximum atomic E-state index is 14.1. The molecule has 0 aromatic heterocycles. The average Bonchev–Trinajstić information content (AvgIpc) is 3.45. The summed E-state index contributed by atoms with van der Waals surface area (Å²) in [5, 5.41) is 2.72. The molecule has 0 bridgehead atoms. The molecule has 2 saturated heterocycles. The number of nitrogens with zero attached hydrogens (tertiary/aromatic N) is 2. The largest absolute Gasteiger partial charge is 0.497 e. The molecule has 5 aromatic rings. The average molecular weight is 587 g/mol. The number of hydrogen-bond acceptors (Lipinski definition) is 4. The zero-order chi connectivity index (χ0) is 29.3. The Morgan fingerprint density at radius 1 is 0.651 bits per heavy atom. The summed E-state index contributed by atoms with van der Waals surface area (Å²) in [4.78, 5) is 23.1. The summed E-state index contributed by atoms with van der Waals surface area (Å²) in [6.45, 7) is 0. The van der Waals surface area contributed by atoms with Crippen molar-refractivity contribution >= 4 is 28.9 Å². The number of rotatable bonds is 7. The Morgan fingerprint density at radius 2 is 1.23 bits per heavy atom. The molecule has 6 heteroatoms. The molecule has 0 saturated carbocycles. The van der Waals surface area contributed by atoms with Crippen LogP contribution in [0.15, 0.2) is 140 Å². The van der Waals surface area contributed by atoms with E-state index in [4.69, 9.17) is 21.2 Å². The molecular formula is C37H31ClN2O3. The van der Waals surface area contributed by atoms with E-state index in [1.54, 1.807) is 7.11 Å². The van der Waals surface area contributed by atoms with Crippen molar-refractivity contribution in [2.45, 2.75) is 30.0 Å². The van der Waals surface area contributed by atoms with E-state index in [1.165, 1.54) is 0 Å². The summed E-state index contributed by atoms with van der Waals surface area (Å²) in [6.07, 6.45) is -0.378.